The highest BCUT2D eigenvalue weighted by Crippen LogP contribution is 2.42. The Labute approximate surface area is 147 Å². The maximum Gasteiger partial charge on any atom is 0.268 e. The lowest BCUT2D eigenvalue weighted by molar-refractivity contribution is 0.0527. The molecule has 1 N–H and O–H groups in total. The first-order chi connectivity index (χ1) is 11.6. The van der Waals surface area contributed by atoms with Gasteiger partial charge in [0.05, 0.1) is 5.69 Å². The van der Waals surface area contributed by atoms with E-state index in [1.165, 1.54) is 24.8 Å². The normalized spacial score (nSPS) is 21.9. The van der Waals surface area contributed by atoms with Gasteiger partial charge >= 0.3 is 0 Å². The van der Waals surface area contributed by atoms with Crippen LogP contribution >= 0.6 is 11.3 Å². The molecule has 4 nitrogen and oxygen atoms in total. The van der Waals surface area contributed by atoms with Crippen LogP contribution in [0.1, 0.15) is 66.4 Å². The number of amides is 1. The molecule has 1 saturated carbocycles. The lowest BCUT2D eigenvalue weighted by Gasteiger charge is -2.43. The average molecular weight is 343 g/mol. The summed E-state index contributed by atoms with van der Waals surface area (Å²) in [7, 11) is 0. The van der Waals surface area contributed by atoms with Crippen molar-refractivity contribution in [3.05, 3.63) is 22.2 Å². The number of carbonyl (C=O) groups excluding carboxylic acids is 1. The molecule has 0 spiro atoms. The Kier molecular flexibility index (Phi) is 3.99. The smallest absolute Gasteiger partial charge is 0.268 e. The van der Waals surface area contributed by atoms with E-state index in [2.05, 4.69) is 35.1 Å². The van der Waals surface area contributed by atoms with Crippen molar-refractivity contribution >= 4 is 33.1 Å². The Hall–Kier alpha value is -1.62. The average Bonchev–Trinajstić information content (AvgIpc) is 2.94. The van der Waals surface area contributed by atoms with Gasteiger partial charge < -0.3 is 10.2 Å². The molecule has 0 unspecified atom stereocenters. The van der Waals surface area contributed by atoms with E-state index in [0.29, 0.717) is 6.04 Å². The molecule has 0 saturated heterocycles. The lowest BCUT2D eigenvalue weighted by Crippen LogP contribution is -2.53. The van der Waals surface area contributed by atoms with Crippen molar-refractivity contribution < 1.29 is 4.79 Å². The van der Waals surface area contributed by atoms with Crippen LogP contribution in [0.15, 0.2) is 6.07 Å². The molecule has 3 heterocycles. The van der Waals surface area contributed by atoms with E-state index in [-0.39, 0.29) is 12.1 Å². The molecule has 1 aliphatic carbocycles. The first-order valence-electron chi connectivity index (χ1n) is 9.10. The summed E-state index contributed by atoms with van der Waals surface area (Å²) >= 11 is 1.55. The highest BCUT2D eigenvalue weighted by Gasteiger charge is 2.38. The van der Waals surface area contributed by atoms with E-state index < -0.39 is 0 Å². The van der Waals surface area contributed by atoms with Gasteiger partial charge in [-0.05, 0) is 44.7 Å². The van der Waals surface area contributed by atoms with Crippen molar-refractivity contribution in [1.29, 1.82) is 0 Å². The summed E-state index contributed by atoms with van der Waals surface area (Å²) in [5, 5.41) is 4.82. The number of aryl methyl sites for hydroxylation is 2. The number of anilines is 1. The summed E-state index contributed by atoms with van der Waals surface area (Å²) in [6.45, 7) is 6.30. The van der Waals surface area contributed by atoms with Crippen molar-refractivity contribution in [2.24, 2.45) is 0 Å². The van der Waals surface area contributed by atoms with Crippen molar-refractivity contribution in [2.45, 2.75) is 71.5 Å². The Morgan fingerprint density at radius 2 is 2.04 bits per heavy atom. The summed E-state index contributed by atoms with van der Waals surface area (Å²) in [4.78, 5) is 22.0. The van der Waals surface area contributed by atoms with Crippen LogP contribution in [0, 0.1) is 13.8 Å². The van der Waals surface area contributed by atoms with Gasteiger partial charge in [-0.15, -0.1) is 11.3 Å². The number of nitrogens with zero attached hydrogens (tertiary/aromatic N) is 2. The molecule has 2 aromatic heterocycles. The first kappa shape index (κ1) is 15.9. The number of rotatable bonds is 2. The molecule has 2 aliphatic rings. The Balaban J connectivity index is 1.81. The third kappa shape index (κ3) is 2.41. The summed E-state index contributed by atoms with van der Waals surface area (Å²) in [6.07, 6.45) is 7.10. The Morgan fingerprint density at radius 1 is 1.29 bits per heavy atom. The number of fused-ring (bicyclic) bond motifs is 3. The van der Waals surface area contributed by atoms with Crippen LogP contribution < -0.4 is 5.32 Å². The fraction of sp³-hybridized carbons (Fsp3) is 0.579. The van der Waals surface area contributed by atoms with Crippen molar-refractivity contribution in [3.8, 4) is 0 Å². The van der Waals surface area contributed by atoms with Crippen LogP contribution in [-0.4, -0.2) is 28.0 Å². The number of aromatic nitrogens is 1. The molecule has 5 heteroatoms. The van der Waals surface area contributed by atoms with E-state index in [1.807, 2.05) is 6.92 Å². The van der Waals surface area contributed by atoms with E-state index >= 15 is 0 Å². The molecule has 0 radical (unpaired) electrons. The third-order valence-corrected chi connectivity index (χ3v) is 6.49. The van der Waals surface area contributed by atoms with Gasteiger partial charge in [0.15, 0.2) is 0 Å². The Morgan fingerprint density at radius 3 is 2.75 bits per heavy atom. The van der Waals surface area contributed by atoms with Crippen LogP contribution in [0.25, 0.3) is 10.2 Å². The summed E-state index contributed by atoms with van der Waals surface area (Å²) in [5.74, 6) is 0.211. The van der Waals surface area contributed by atoms with Crippen molar-refractivity contribution in [1.82, 2.24) is 9.88 Å². The van der Waals surface area contributed by atoms with Gasteiger partial charge in [0.25, 0.3) is 5.91 Å². The molecule has 0 bridgehead atoms. The highest BCUT2D eigenvalue weighted by atomic mass is 32.1. The van der Waals surface area contributed by atoms with E-state index in [9.17, 15) is 4.79 Å². The topological polar surface area (TPSA) is 45.2 Å². The lowest BCUT2D eigenvalue weighted by atomic mass is 9.92. The quantitative estimate of drug-likeness (QED) is 0.848. The zero-order valence-corrected chi connectivity index (χ0v) is 15.5. The number of carbonyl (C=O) groups is 1. The molecule has 128 valence electrons. The second-order valence-electron chi connectivity index (χ2n) is 7.14. The molecule has 1 aliphatic heterocycles. The number of pyridine rings is 1. The minimum atomic E-state index is 0.103. The number of thiophene rings is 1. The second-order valence-corrected chi connectivity index (χ2v) is 8.14. The zero-order chi connectivity index (χ0) is 16.8. The molecule has 4 rings (SSSR count). The van der Waals surface area contributed by atoms with E-state index in [4.69, 9.17) is 0 Å². The maximum atomic E-state index is 13.3. The number of nitrogens with one attached hydrogen (secondary N) is 1. The molecule has 1 fully saturated rings. The molecule has 0 aromatic carbocycles. The van der Waals surface area contributed by atoms with E-state index in [0.717, 1.165) is 45.7 Å². The SMILES string of the molecule is CC[C@H]1Nc2c(sc3nc(C)cc(C)c23)C(=O)N1C1CCCCC1. The van der Waals surface area contributed by atoms with Crippen LogP contribution in [0.3, 0.4) is 0 Å². The van der Waals surface area contributed by atoms with Crippen molar-refractivity contribution in [3.63, 3.8) is 0 Å². The second kappa shape index (κ2) is 6.03. The van der Waals surface area contributed by atoms with Gasteiger partial charge in [-0.3, -0.25) is 4.79 Å². The van der Waals surface area contributed by atoms with Gasteiger partial charge in [-0.1, -0.05) is 26.2 Å². The fourth-order valence-electron chi connectivity index (χ4n) is 4.30. The van der Waals surface area contributed by atoms with Gasteiger partial charge in [0, 0.05) is 17.1 Å². The summed E-state index contributed by atoms with van der Waals surface area (Å²) in [6, 6.07) is 2.49. The van der Waals surface area contributed by atoms with Crippen LogP contribution in [0.4, 0.5) is 5.69 Å². The summed E-state index contributed by atoms with van der Waals surface area (Å²) in [5.41, 5.74) is 3.24. The molecule has 1 amide bonds. The van der Waals surface area contributed by atoms with Crippen LogP contribution in [0.2, 0.25) is 0 Å². The standard InChI is InChI=1S/C19H25N3OS/c1-4-14-21-16-15-11(2)10-12(3)20-18(15)24-17(16)19(23)22(14)13-8-6-5-7-9-13/h10,13-14,21H,4-9H2,1-3H3/t14-/m0/s1. The largest absolute Gasteiger partial charge is 0.363 e. The maximum absolute atomic E-state index is 13.3. The van der Waals surface area contributed by atoms with E-state index in [1.54, 1.807) is 11.3 Å². The van der Waals surface area contributed by atoms with Gasteiger partial charge in [-0.2, -0.15) is 0 Å². The fourth-order valence-corrected chi connectivity index (χ4v) is 5.51. The van der Waals surface area contributed by atoms with Crippen LogP contribution in [-0.2, 0) is 0 Å². The highest BCUT2D eigenvalue weighted by molar-refractivity contribution is 7.21. The van der Waals surface area contributed by atoms with Gasteiger partial charge in [-0.25, -0.2) is 4.98 Å². The minimum Gasteiger partial charge on any atom is -0.363 e. The first-order valence-corrected chi connectivity index (χ1v) is 9.91. The van der Waals surface area contributed by atoms with Crippen molar-refractivity contribution in [2.75, 3.05) is 5.32 Å². The predicted octanol–water partition coefficient (Wildman–Crippen LogP) is 4.85. The van der Waals surface area contributed by atoms with Crippen LogP contribution in [0.5, 0.6) is 0 Å². The zero-order valence-electron chi connectivity index (χ0n) is 14.7. The van der Waals surface area contributed by atoms with Gasteiger partial charge in [0.2, 0.25) is 0 Å². The van der Waals surface area contributed by atoms with Gasteiger partial charge in [0.1, 0.15) is 15.9 Å². The predicted molar refractivity (Wildman–Crippen MR) is 99.8 cm³/mol. The molecular formula is C19H25N3OS. The monoisotopic (exact) mass is 343 g/mol. The molecular weight excluding hydrogens is 318 g/mol. The third-order valence-electron chi connectivity index (χ3n) is 5.42. The minimum absolute atomic E-state index is 0.103. The molecule has 1 atom stereocenters. The number of hydrogen-bond donors (Lipinski definition) is 1. The summed E-state index contributed by atoms with van der Waals surface area (Å²) < 4.78 is 0. The Bertz CT molecular complexity index is 791. The molecule has 24 heavy (non-hydrogen) atoms. The molecule has 2 aromatic rings. The number of hydrogen-bond acceptors (Lipinski definition) is 4.